The summed E-state index contributed by atoms with van der Waals surface area (Å²) >= 11 is 3.05. The molecule has 1 aromatic heterocycles. The number of halogens is 3. The van der Waals surface area contributed by atoms with Crippen LogP contribution in [0.25, 0.3) is 5.69 Å². The van der Waals surface area contributed by atoms with Crippen molar-refractivity contribution in [1.82, 2.24) is 15.0 Å². The van der Waals surface area contributed by atoms with Crippen molar-refractivity contribution in [3.8, 4) is 5.69 Å². The molecule has 1 N–H and O–H groups in total. The van der Waals surface area contributed by atoms with Crippen LogP contribution in [-0.2, 0) is 0 Å². The maximum atomic E-state index is 13.6. The van der Waals surface area contributed by atoms with E-state index in [0.717, 1.165) is 16.8 Å². The number of hydrogen-bond acceptors (Lipinski definition) is 3. The van der Waals surface area contributed by atoms with Gasteiger partial charge >= 0.3 is 0 Å². The molecule has 0 bridgehead atoms. The molecule has 0 saturated carbocycles. The van der Waals surface area contributed by atoms with E-state index in [4.69, 9.17) is 0 Å². The predicted octanol–water partition coefficient (Wildman–Crippen LogP) is 2.36. The molecule has 2 rings (SSSR count). The summed E-state index contributed by atoms with van der Waals surface area (Å²) in [6, 6.07) is 1.88. The second-order valence-electron chi connectivity index (χ2n) is 3.48. The minimum absolute atomic E-state index is 0.0470. The zero-order chi connectivity index (χ0) is 12.6. The Hall–Kier alpha value is -1.34. The summed E-state index contributed by atoms with van der Waals surface area (Å²) in [6.45, 7) is 1.52. The average Bonchev–Trinajstić information content (AvgIpc) is 2.65. The first-order valence-electron chi connectivity index (χ1n) is 4.74. The Balaban J connectivity index is 2.52. The number of hydrogen-bond donors (Lipinski definition) is 1. The third-order valence-electron chi connectivity index (χ3n) is 2.15. The number of benzene rings is 1. The van der Waals surface area contributed by atoms with Crippen LogP contribution in [0, 0.1) is 11.6 Å². The van der Waals surface area contributed by atoms with Crippen molar-refractivity contribution in [3.05, 3.63) is 40.1 Å². The van der Waals surface area contributed by atoms with Crippen molar-refractivity contribution in [2.24, 2.45) is 0 Å². The van der Waals surface area contributed by atoms with Gasteiger partial charge in [0.2, 0.25) is 0 Å². The highest BCUT2D eigenvalue weighted by Crippen LogP contribution is 2.25. The molecule has 0 aliphatic carbocycles. The van der Waals surface area contributed by atoms with E-state index in [1.165, 1.54) is 13.1 Å². The molecule has 2 aromatic rings. The van der Waals surface area contributed by atoms with Crippen molar-refractivity contribution in [3.63, 3.8) is 0 Å². The molecular formula is C10H8BrF2N3O. The lowest BCUT2D eigenvalue weighted by atomic mass is 10.3. The van der Waals surface area contributed by atoms with E-state index in [2.05, 4.69) is 26.2 Å². The largest absolute Gasteiger partial charge is 0.387 e. The normalized spacial score (nSPS) is 12.8. The van der Waals surface area contributed by atoms with Crippen molar-refractivity contribution >= 4 is 15.9 Å². The van der Waals surface area contributed by atoms with Gasteiger partial charge in [0.15, 0.2) is 5.82 Å². The van der Waals surface area contributed by atoms with E-state index in [1.807, 2.05) is 0 Å². The number of aromatic nitrogens is 3. The Bertz CT molecular complexity index is 533. The van der Waals surface area contributed by atoms with Gasteiger partial charge < -0.3 is 5.11 Å². The van der Waals surface area contributed by atoms with Crippen LogP contribution in [0.1, 0.15) is 18.7 Å². The summed E-state index contributed by atoms with van der Waals surface area (Å²) in [5.41, 5.74) is 0.353. The molecule has 0 amide bonds. The van der Waals surface area contributed by atoms with Gasteiger partial charge in [-0.05, 0) is 28.9 Å². The summed E-state index contributed by atoms with van der Waals surface area (Å²) < 4.78 is 27.8. The van der Waals surface area contributed by atoms with Crippen LogP contribution < -0.4 is 0 Å². The van der Waals surface area contributed by atoms with E-state index < -0.39 is 17.7 Å². The molecule has 0 aliphatic heterocycles. The lowest BCUT2D eigenvalue weighted by molar-refractivity contribution is 0.194. The Morgan fingerprint density at radius 1 is 1.41 bits per heavy atom. The fourth-order valence-corrected chi connectivity index (χ4v) is 1.92. The number of nitrogens with zero attached hydrogens (tertiary/aromatic N) is 3. The van der Waals surface area contributed by atoms with Gasteiger partial charge in [-0.25, -0.2) is 13.5 Å². The van der Waals surface area contributed by atoms with Crippen LogP contribution in [0.3, 0.4) is 0 Å². The molecule has 0 aliphatic rings. The highest BCUT2D eigenvalue weighted by molar-refractivity contribution is 9.10. The summed E-state index contributed by atoms with van der Waals surface area (Å²) in [7, 11) is 0. The zero-order valence-corrected chi connectivity index (χ0v) is 10.3. The Kier molecular flexibility index (Phi) is 3.21. The SMILES string of the molecule is CC(O)c1cn(-c2c(F)cc(F)cc2Br)nn1. The Morgan fingerprint density at radius 3 is 2.65 bits per heavy atom. The molecule has 0 saturated heterocycles. The second kappa shape index (κ2) is 4.50. The standard InChI is InChI=1S/C10H8BrF2N3O/c1-5(17)9-4-16(15-14-9)10-7(11)2-6(12)3-8(10)13/h2-5,17H,1H3. The number of aliphatic hydroxyl groups is 1. The predicted molar refractivity (Wildman–Crippen MR) is 59.6 cm³/mol. The lowest BCUT2D eigenvalue weighted by Crippen LogP contribution is -2.01. The monoisotopic (exact) mass is 303 g/mol. The summed E-state index contributed by atoms with van der Waals surface area (Å²) in [5, 5.41) is 16.6. The molecule has 17 heavy (non-hydrogen) atoms. The van der Waals surface area contributed by atoms with Gasteiger partial charge in [-0.2, -0.15) is 0 Å². The minimum Gasteiger partial charge on any atom is -0.387 e. The third kappa shape index (κ3) is 2.34. The summed E-state index contributed by atoms with van der Waals surface area (Å²) in [4.78, 5) is 0. The third-order valence-corrected chi connectivity index (χ3v) is 2.75. The second-order valence-corrected chi connectivity index (χ2v) is 4.34. The summed E-state index contributed by atoms with van der Waals surface area (Å²) in [6.07, 6.45) is 0.581. The van der Waals surface area contributed by atoms with Gasteiger partial charge in [0.25, 0.3) is 0 Å². The summed E-state index contributed by atoms with van der Waals surface area (Å²) in [5.74, 6) is -1.45. The van der Waals surface area contributed by atoms with E-state index in [-0.39, 0.29) is 10.2 Å². The van der Waals surface area contributed by atoms with E-state index in [1.54, 1.807) is 0 Å². The molecule has 90 valence electrons. The van der Waals surface area contributed by atoms with E-state index >= 15 is 0 Å². The fourth-order valence-electron chi connectivity index (χ4n) is 1.33. The highest BCUT2D eigenvalue weighted by atomic mass is 79.9. The molecule has 1 atom stereocenters. The lowest BCUT2D eigenvalue weighted by Gasteiger charge is -2.05. The van der Waals surface area contributed by atoms with Crippen LogP contribution in [-0.4, -0.2) is 20.1 Å². The Morgan fingerprint density at radius 2 is 2.12 bits per heavy atom. The van der Waals surface area contributed by atoms with Crippen molar-refractivity contribution in [2.75, 3.05) is 0 Å². The van der Waals surface area contributed by atoms with Crippen LogP contribution in [0.4, 0.5) is 8.78 Å². The number of aliphatic hydroxyl groups excluding tert-OH is 1. The fraction of sp³-hybridized carbons (Fsp3) is 0.200. The minimum atomic E-state index is -0.800. The van der Waals surface area contributed by atoms with E-state index in [0.29, 0.717) is 5.69 Å². The molecule has 0 radical (unpaired) electrons. The van der Waals surface area contributed by atoms with Gasteiger partial charge in [0.1, 0.15) is 17.2 Å². The molecule has 4 nitrogen and oxygen atoms in total. The highest BCUT2D eigenvalue weighted by Gasteiger charge is 2.15. The number of rotatable bonds is 2. The van der Waals surface area contributed by atoms with Crippen LogP contribution in [0.15, 0.2) is 22.8 Å². The zero-order valence-electron chi connectivity index (χ0n) is 8.73. The van der Waals surface area contributed by atoms with E-state index in [9.17, 15) is 13.9 Å². The van der Waals surface area contributed by atoms with Gasteiger partial charge in [-0.15, -0.1) is 5.10 Å². The van der Waals surface area contributed by atoms with Crippen molar-refractivity contribution < 1.29 is 13.9 Å². The van der Waals surface area contributed by atoms with Crippen molar-refractivity contribution in [2.45, 2.75) is 13.0 Å². The van der Waals surface area contributed by atoms with Gasteiger partial charge in [-0.3, -0.25) is 0 Å². The topological polar surface area (TPSA) is 50.9 Å². The average molecular weight is 304 g/mol. The quantitative estimate of drug-likeness (QED) is 0.926. The first-order chi connectivity index (χ1) is 7.99. The van der Waals surface area contributed by atoms with Crippen LogP contribution in [0.2, 0.25) is 0 Å². The molecular weight excluding hydrogens is 296 g/mol. The maximum absolute atomic E-state index is 13.6. The van der Waals surface area contributed by atoms with Gasteiger partial charge in [0.05, 0.1) is 12.3 Å². The van der Waals surface area contributed by atoms with Crippen molar-refractivity contribution in [1.29, 1.82) is 0 Å². The smallest absolute Gasteiger partial charge is 0.152 e. The molecule has 0 spiro atoms. The molecule has 1 unspecified atom stereocenters. The molecule has 1 heterocycles. The molecule has 7 heteroatoms. The van der Waals surface area contributed by atoms with Gasteiger partial charge in [0, 0.05) is 10.5 Å². The first kappa shape index (κ1) is 12.1. The maximum Gasteiger partial charge on any atom is 0.152 e. The van der Waals surface area contributed by atoms with Crippen LogP contribution >= 0.6 is 15.9 Å². The molecule has 1 aromatic carbocycles. The van der Waals surface area contributed by atoms with Gasteiger partial charge in [-0.1, -0.05) is 5.21 Å². The first-order valence-corrected chi connectivity index (χ1v) is 5.53. The molecule has 0 fully saturated rings. The van der Waals surface area contributed by atoms with Crippen LogP contribution in [0.5, 0.6) is 0 Å². The Labute approximate surface area is 104 Å².